The SMILES string of the molecule is CCNC(=NCC(C)(C)S(C)(=O)=O)NCC(C)Oc1ccccc1F. The topological polar surface area (TPSA) is 79.8 Å². The molecule has 2 N–H and O–H groups in total. The van der Waals surface area contributed by atoms with Crippen molar-refractivity contribution < 1.29 is 17.5 Å². The second-order valence-corrected chi connectivity index (χ2v) is 9.12. The Balaban J connectivity index is 2.66. The second-order valence-electron chi connectivity index (χ2n) is 6.47. The van der Waals surface area contributed by atoms with Crippen LogP contribution in [0.2, 0.25) is 0 Å². The molecule has 25 heavy (non-hydrogen) atoms. The van der Waals surface area contributed by atoms with Gasteiger partial charge in [0.2, 0.25) is 0 Å². The highest BCUT2D eigenvalue weighted by Crippen LogP contribution is 2.17. The van der Waals surface area contributed by atoms with Crippen molar-refractivity contribution in [2.75, 3.05) is 25.9 Å². The van der Waals surface area contributed by atoms with E-state index in [9.17, 15) is 12.8 Å². The molecule has 6 nitrogen and oxygen atoms in total. The smallest absolute Gasteiger partial charge is 0.191 e. The molecule has 1 unspecified atom stereocenters. The minimum absolute atomic E-state index is 0.129. The predicted octanol–water partition coefficient (Wildman–Crippen LogP) is 1.97. The number of guanidine groups is 1. The van der Waals surface area contributed by atoms with Gasteiger partial charge >= 0.3 is 0 Å². The standard InChI is InChI=1S/C17H28FN3O3S/c1-6-19-16(21-12-17(3,4)25(5,22)23)20-11-13(2)24-15-10-8-7-9-14(15)18/h7-10,13H,6,11-12H2,1-5H3,(H2,19,20,21). The van der Waals surface area contributed by atoms with Crippen LogP contribution in [0.4, 0.5) is 4.39 Å². The average Bonchev–Trinajstić information content (AvgIpc) is 2.51. The quantitative estimate of drug-likeness (QED) is 0.538. The van der Waals surface area contributed by atoms with Crippen molar-refractivity contribution in [1.82, 2.24) is 10.6 Å². The third kappa shape index (κ3) is 6.89. The van der Waals surface area contributed by atoms with Crippen molar-refractivity contribution in [3.05, 3.63) is 30.1 Å². The molecule has 0 aliphatic carbocycles. The van der Waals surface area contributed by atoms with E-state index in [0.29, 0.717) is 19.0 Å². The van der Waals surface area contributed by atoms with Gasteiger partial charge in [-0.3, -0.25) is 4.99 Å². The minimum atomic E-state index is -3.22. The van der Waals surface area contributed by atoms with Crippen LogP contribution in [0.1, 0.15) is 27.7 Å². The predicted molar refractivity (Wildman–Crippen MR) is 99.4 cm³/mol. The van der Waals surface area contributed by atoms with Gasteiger partial charge in [-0.05, 0) is 39.8 Å². The Morgan fingerprint density at radius 1 is 1.32 bits per heavy atom. The molecular weight excluding hydrogens is 345 g/mol. The van der Waals surface area contributed by atoms with Gasteiger partial charge < -0.3 is 15.4 Å². The van der Waals surface area contributed by atoms with E-state index in [1.54, 1.807) is 32.0 Å². The molecule has 1 atom stereocenters. The Kier molecular flexibility index (Phi) is 7.66. The Morgan fingerprint density at radius 3 is 2.52 bits per heavy atom. The molecule has 0 bridgehead atoms. The summed E-state index contributed by atoms with van der Waals surface area (Å²) >= 11 is 0. The summed E-state index contributed by atoms with van der Waals surface area (Å²) in [5, 5.41) is 6.13. The zero-order valence-electron chi connectivity index (χ0n) is 15.5. The largest absolute Gasteiger partial charge is 0.486 e. The molecule has 0 amide bonds. The summed E-state index contributed by atoms with van der Waals surface area (Å²) in [5.41, 5.74) is 0. The molecule has 0 spiro atoms. The van der Waals surface area contributed by atoms with Crippen LogP contribution in [0, 0.1) is 5.82 Å². The van der Waals surface area contributed by atoms with Crippen LogP contribution in [0.25, 0.3) is 0 Å². The fourth-order valence-electron chi connectivity index (χ4n) is 1.77. The number of hydrogen-bond donors (Lipinski definition) is 2. The molecule has 1 aromatic carbocycles. The Labute approximate surface area is 149 Å². The Bertz CT molecular complexity index is 690. The molecule has 0 aliphatic heterocycles. The summed E-state index contributed by atoms with van der Waals surface area (Å²) in [6.07, 6.45) is 0.899. The summed E-state index contributed by atoms with van der Waals surface area (Å²) in [6, 6.07) is 6.22. The lowest BCUT2D eigenvalue weighted by molar-refractivity contribution is 0.214. The first-order valence-electron chi connectivity index (χ1n) is 8.20. The highest BCUT2D eigenvalue weighted by molar-refractivity contribution is 7.92. The van der Waals surface area contributed by atoms with E-state index in [-0.39, 0.29) is 18.4 Å². The van der Waals surface area contributed by atoms with Gasteiger partial charge in [-0.25, -0.2) is 12.8 Å². The van der Waals surface area contributed by atoms with Gasteiger partial charge in [0.05, 0.1) is 17.8 Å². The fourth-order valence-corrected chi connectivity index (χ4v) is 2.07. The van der Waals surface area contributed by atoms with Crippen LogP contribution in [-0.2, 0) is 9.84 Å². The van der Waals surface area contributed by atoms with Crippen molar-refractivity contribution in [1.29, 1.82) is 0 Å². The van der Waals surface area contributed by atoms with Crippen LogP contribution in [0.3, 0.4) is 0 Å². The van der Waals surface area contributed by atoms with Gasteiger partial charge in [-0.15, -0.1) is 0 Å². The Hall–Kier alpha value is -1.83. The maximum atomic E-state index is 13.6. The highest BCUT2D eigenvalue weighted by Gasteiger charge is 2.29. The fraction of sp³-hybridized carbons (Fsp3) is 0.588. The average molecular weight is 373 g/mol. The number of para-hydroxylation sites is 1. The normalized spacial score (nSPS) is 14.1. The molecule has 0 saturated carbocycles. The number of aliphatic imine (C=N–C) groups is 1. The van der Waals surface area contributed by atoms with E-state index in [2.05, 4.69) is 15.6 Å². The third-order valence-electron chi connectivity index (χ3n) is 3.69. The van der Waals surface area contributed by atoms with Crippen molar-refractivity contribution >= 4 is 15.8 Å². The van der Waals surface area contributed by atoms with Gasteiger partial charge in [0, 0.05) is 12.8 Å². The summed E-state index contributed by atoms with van der Waals surface area (Å²) in [5.74, 6) is 0.269. The van der Waals surface area contributed by atoms with Gasteiger partial charge in [0.15, 0.2) is 27.4 Å². The first-order chi connectivity index (χ1) is 11.6. The van der Waals surface area contributed by atoms with E-state index in [1.165, 1.54) is 12.3 Å². The van der Waals surface area contributed by atoms with Crippen molar-refractivity contribution in [3.63, 3.8) is 0 Å². The lowest BCUT2D eigenvalue weighted by Gasteiger charge is -2.22. The summed E-state index contributed by atoms with van der Waals surface area (Å²) in [4.78, 5) is 4.33. The van der Waals surface area contributed by atoms with Crippen molar-refractivity contribution in [3.8, 4) is 5.75 Å². The zero-order valence-corrected chi connectivity index (χ0v) is 16.3. The first-order valence-corrected chi connectivity index (χ1v) is 10.1. The van der Waals surface area contributed by atoms with Crippen LogP contribution < -0.4 is 15.4 Å². The molecule has 1 rings (SSSR count). The minimum Gasteiger partial charge on any atom is -0.486 e. The van der Waals surface area contributed by atoms with Crippen molar-refractivity contribution in [2.24, 2.45) is 4.99 Å². The van der Waals surface area contributed by atoms with Crippen LogP contribution in [0.15, 0.2) is 29.3 Å². The molecule has 0 heterocycles. The van der Waals surface area contributed by atoms with E-state index >= 15 is 0 Å². The van der Waals surface area contributed by atoms with Crippen LogP contribution >= 0.6 is 0 Å². The highest BCUT2D eigenvalue weighted by atomic mass is 32.2. The molecule has 142 valence electrons. The molecule has 0 aromatic heterocycles. The second kappa shape index (κ2) is 9.03. The number of rotatable bonds is 8. The number of nitrogens with zero attached hydrogens (tertiary/aromatic N) is 1. The molecule has 0 saturated heterocycles. The van der Waals surface area contributed by atoms with Gasteiger partial charge in [-0.1, -0.05) is 12.1 Å². The van der Waals surface area contributed by atoms with E-state index < -0.39 is 20.4 Å². The number of hydrogen-bond acceptors (Lipinski definition) is 4. The lowest BCUT2D eigenvalue weighted by atomic mass is 10.2. The van der Waals surface area contributed by atoms with E-state index in [0.717, 1.165) is 0 Å². The molecule has 0 aliphatic rings. The van der Waals surface area contributed by atoms with Gasteiger partial charge in [0.25, 0.3) is 0 Å². The van der Waals surface area contributed by atoms with Gasteiger partial charge in [0.1, 0.15) is 6.10 Å². The number of ether oxygens (including phenoxy) is 1. The van der Waals surface area contributed by atoms with Crippen LogP contribution in [0.5, 0.6) is 5.75 Å². The molecule has 8 heteroatoms. The molecular formula is C17H28FN3O3S. The summed E-state index contributed by atoms with van der Waals surface area (Å²) in [6.45, 7) is 8.15. The maximum absolute atomic E-state index is 13.6. The molecule has 1 aromatic rings. The summed E-state index contributed by atoms with van der Waals surface area (Å²) in [7, 11) is -3.22. The summed E-state index contributed by atoms with van der Waals surface area (Å²) < 4.78 is 41.7. The number of benzene rings is 1. The lowest BCUT2D eigenvalue weighted by Crippen LogP contribution is -2.43. The maximum Gasteiger partial charge on any atom is 0.191 e. The number of halogens is 1. The zero-order chi connectivity index (χ0) is 19.1. The molecule has 0 fully saturated rings. The third-order valence-corrected chi connectivity index (χ3v) is 5.82. The van der Waals surface area contributed by atoms with Gasteiger partial charge in [-0.2, -0.15) is 0 Å². The van der Waals surface area contributed by atoms with Crippen LogP contribution in [-0.4, -0.2) is 51.1 Å². The monoisotopic (exact) mass is 373 g/mol. The van der Waals surface area contributed by atoms with E-state index in [4.69, 9.17) is 4.74 Å². The van der Waals surface area contributed by atoms with E-state index in [1.807, 2.05) is 13.8 Å². The van der Waals surface area contributed by atoms with Crippen molar-refractivity contribution in [2.45, 2.75) is 38.5 Å². The Morgan fingerprint density at radius 2 is 1.96 bits per heavy atom. The number of nitrogens with one attached hydrogen (secondary N) is 2. The first kappa shape index (κ1) is 21.2. The number of sulfone groups is 1. The molecule has 0 radical (unpaired) electrons.